The summed E-state index contributed by atoms with van der Waals surface area (Å²) in [7, 11) is 0. The highest BCUT2D eigenvalue weighted by atomic mass is 32.1. The summed E-state index contributed by atoms with van der Waals surface area (Å²) in [5.74, 6) is -0.0191. The molecule has 1 aliphatic heterocycles. The Kier molecular flexibility index (Phi) is 6.64. The van der Waals surface area contributed by atoms with Crippen molar-refractivity contribution in [2.24, 2.45) is 11.7 Å². The molecule has 2 aromatic rings. The Bertz CT molecular complexity index is 821. The number of carbonyl (C=O) groups excluding carboxylic acids is 2. The molecule has 7 nitrogen and oxygen atoms in total. The quantitative estimate of drug-likeness (QED) is 0.562. The van der Waals surface area contributed by atoms with Gasteiger partial charge in [-0.25, -0.2) is 9.78 Å². The highest BCUT2D eigenvalue weighted by molar-refractivity contribution is 7.15. The molecule has 2 heterocycles. The second kappa shape index (κ2) is 9.16. The molecule has 2 atom stereocenters. The van der Waals surface area contributed by atoms with Crippen molar-refractivity contribution in [3.8, 4) is 0 Å². The zero-order chi connectivity index (χ0) is 20.1. The molecule has 0 aliphatic carbocycles. The van der Waals surface area contributed by atoms with Crippen LogP contribution in [0, 0.1) is 5.92 Å². The fourth-order valence-corrected chi connectivity index (χ4v) is 4.57. The van der Waals surface area contributed by atoms with Crippen LogP contribution in [0.2, 0.25) is 0 Å². The van der Waals surface area contributed by atoms with Crippen LogP contribution in [0.1, 0.15) is 36.4 Å². The van der Waals surface area contributed by atoms with Crippen LogP contribution in [-0.2, 0) is 24.3 Å². The molecule has 28 heavy (non-hydrogen) atoms. The maximum absolute atomic E-state index is 12.6. The smallest absolute Gasteiger partial charge is 0.312 e. The van der Waals surface area contributed by atoms with Crippen molar-refractivity contribution in [3.63, 3.8) is 0 Å². The Hall–Kier alpha value is -2.45. The Balaban J connectivity index is 1.63. The van der Waals surface area contributed by atoms with Crippen molar-refractivity contribution in [2.75, 3.05) is 11.9 Å². The third kappa shape index (κ3) is 5.53. The van der Waals surface area contributed by atoms with E-state index in [1.807, 2.05) is 19.9 Å². The third-order valence-electron chi connectivity index (χ3n) is 4.77. The molecule has 0 spiro atoms. The van der Waals surface area contributed by atoms with Crippen molar-refractivity contribution >= 4 is 28.4 Å². The molecule has 0 fully saturated rings. The van der Waals surface area contributed by atoms with E-state index in [1.54, 1.807) is 0 Å². The molecule has 0 bridgehead atoms. The molecule has 3 rings (SSSR count). The van der Waals surface area contributed by atoms with Crippen molar-refractivity contribution in [3.05, 3.63) is 46.5 Å². The van der Waals surface area contributed by atoms with E-state index in [4.69, 9.17) is 5.73 Å². The first kappa shape index (κ1) is 20.3. The minimum Gasteiger partial charge on any atom is -0.352 e. The molecule has 1 aliphatic rings. The van der Waals surface area contributed by atoms with E-state index in [1.165, 1.54) is 26.7 Å². The SMILES string of the molecule is CC(C)C[C@@H](NC(N)=O)C(=O)Nc1nc2c(s1)C[NH+](Cc1ccccc1)CC2. The Labute approximate surface area is 169 Å². The van der Waals surface area contributed by atoms with Crippen molar-refractivity contribution < 1.29 is 14.5 Å². The number of nitrogens with one attached hydrogen (secondary N) is 3. The first-order chi connectivity index (χ1) is 13.4. The van der Waals surface area contributed by atoms with Gasteiger partial charge in [0.25, 0.3) is 0 Å². The van der Waals surface area contributed by atoms with E-state index in [9.17, 15) is 9.59 Å². The number of hydrogen-bond donors (Lipinski definition) is 4. The normalized spacial score (nSPS) is 17.0. The van der Waals surface area contributed by atoms with Crippen LogP contribution < -0.4 is 21.3 Å². The number of nitrogens with zero attached hydrogens (tertiary/aromatic N) is 1. The second-order valence-corrected chi connectivity index (χ2v) is 8.74. The third-order valence-corrected chi connectivity index (χ3v) is 5.78. The van der Waals surface area contributed by atoms with Crippen molar-refractivity contribution in [1.82, 2.24) is 10.3 Å². The van der Waals surface area contributed by atoms with Gasteiger partial charge in [0.1, 0.15) is 19.1 Å². The summed E-state index contributed by atoms with van der Waals surface area (Å²) in [6.45, 7) is 6.91. The van der Waals surface area contributed by atoms with Crippen LogP contribution in [0.3, 0.4) is 0 Å². The number of hydrogen-bond acceptors (Lipinski definition) is 4. The number of aromatic nitrogens is 1. The number of primary amides is 1. The fraction of sp³-hybridized carbons (Fsp3) is 0.450. The summed E-state index contributed by atoms with van der Waals surface area (Å²) in [6.07, 6.45) is 1.42. The highest BCUT2D eigenvalue weighted by Gasteiger charge is 2.26. The summed E-state index contributed by atoms with van der Waals surface area (Å²) in [6, 6.07) is 9.13. The van der Waals surface area contributed by atoms with Gasteiger partial charge in [-0.2, -0.15) is 0 Å². The number of anilines is 1. The van der Waals surface area contributed by atoms with E-state index >= 15 is 0 Å². The second-order valence-electron chi connectivity index (χ2n) is 7.66. The zero-order valence-corrected chi connectivity index (χ0v) is 17.1. The van der Waals surface area contributed by atoms with Gasteiger partial charge in [-0.3, -0.25) is 4.79 Å². The molecule has 0 saturated carbocycles. The Morgan fingerprint density at radius 1 is 1.29 bits per heavy atom. The number of quaternary nitrogens is 1. The lowest BCUT2D eigenvalue weighted by Crippen LogP contribution is -3.10. The Morgan fingerprint density at radius 2 is 2.04 bits per heavy atom. The fourth-order valence-electron chi connectivity index (χ4n) is 3.48. The average molecular weight is 403 g/mol. The van der Waals surface area contributed by atoms with Gasteiger partial charge in [-0.05, 0) is 12.3 Å². The number of amides is 3. The number of urea groups is 1. The number of rotatable bonds is 7. The van der Waals surface area contributed by atoms with Gasteiger partial charge in [0.05, 0.1) is 17.1 Å². The van der Waals surface area contributed by atoms with Crippen LogP contribution in [0.15, 0.2) is 30.3 Å². The molecular formula is C20H28N5O2S+. The summed E-state index contributed by atoms with van der Waals surface area (Å²) in [4.78, 5) is 31.1. The van der Waals surface area contributed by atoms with E-state index in [2.05, 4.69) is 39.9 Å². The predicted octanol–water partition coefficient (Wildman–Crippen LogP) is 1.31. The standard InChI is InChI=1S/C20H27N5O2S/c1-13(2)10-16(22-19(21)27)18(26)24-20-23-15-8-9-25(12-17(15)28-20)11-14-6-4-3-5-7-14/h3-7,13,16H,8-12H2,1-2H3,(H3,21,22,27)(H,23,24,26)/p+1/t16-/m1/s1. The van der Waals surface area contributed by atoms with Gasteiger partial charge in [0.15, 0.2) is 5.13 Å². The topological polar surface area (TPSA) is 102 Å². The largest absolute Gasteiger partial charge is 0.352 e. The Morgan fingerprint density at radius 3 is 2.71 bits per heavy atom. The number of carbonyl (C=O) groups is 2. The van der Waals surface area contributed by atoms with Crippen LogP contribution >= 0.6 is 11.3 Å². The average Bonchev–Trinajstić information content (AvgIpc) is 3.02. The first-order valence-corrected chi connectivity index (χ1v) is 10.4. The van der Waals surface area contributed by atoms with Crippen LogP contribution in [0.5, 0.6) is 0 Å². The van der Waals surface area contributed by atoms with Gasteiger partial charge in [-0.1, -0.05) is 55.5 Å². The molecule has 1 aromatic carbocycles. The molecule has 8 heteroatoms. The minimum atomic E-state index is -0.695. The lowest BCUT2D eigenvalue weighted by Gasteiger charge is -2.22. The van der Waals surface area contributed by atoms with Crippen LogP contribution in [0.4, 0.5) is 9.93 Å². The highest BCUT2D eigenvalue weighted by Crippen LogP contribution is 2.24. The molecule has 1 aromatic heterocycles. The molecular weight excluding hydrogens is 374 g/mol. The maximum atomic E-state index is 12.6. The van der Waals surface area contributed by atoms with Gasteiger partial charge in [0, 0.05) is 12.0 Å². The zero-order valence-electron chi connectivity index (χ0n) is 16.3. The molecule has 1 unspecified atom stereocenters. The van der Waals surface area contributed by atoms with E-state index in [0.29, 0.717) is 11.6 Å². The summed E-state index contributed by atoms with van der Waals surface area (Å²) >= 11 is 1.53. The van der Waals surface area contributed by atoms with Gasteiger partial charge in [-0.15, -0.1) is 0 Å². The first-order valence-electron chi connectivity index (χ1n) is 9.63. The summed E-state index contributed by atoms with van der Waals surface area (Å²) < 4.78 is 0. The molecule has 150 valence electrons. The number of nitrogens with two attached hydrogens (primary N) is 1. The summed E-state index contributed by atoms with van der Waals surface area (Å²) in [5, 5.41) is 5.98. The van der Waals surface area contributed by atoms with Gasteiger partial charge >= 0.3 is 6.03 Å². The monoisotopic (exact) mass is 402 g/mol. The number of benzene rings is 1. The van der Waals surface area contributed by atoms with Crippen LogP contribution in [-0.4, -0.2) is 29.5 Å². The minimum absolute atomic E-state index is 0.252. The number of fused-ring (bicyclic) bond motifs is 1. The number of thiazole rings is 1. The van der Waals surface area contributed by atoms with E-state index in [-0.39, 0.29) is 11.8 Å². The van der Waals surface area contributed by atoms with Gasteiger partial charge < -0.3 is 21.3 Å². The van der Waals surface area contributed by atoms with Gasteiger partial charge in [0.2, 0.25) is 5.91 Å². The molecule has 5 N–H and O–H groups in total. The summed E-state index contributed by atoms with van der Waals surface area (Å²) in [5.41, 5.74) is 7.61. The molecule has 3 amide bonds. The van der Waals surface area contributed by atoms with Crippen molar-refractivity contribution in [1.29, 1.82) is 0 Å². The van der Waals surface area contributed by atoms with Crippen LogP contribution in [0.25, 0.3) is 0 Å². The lowest BCUT2D eigenvalue weighted by atomic mass is 10.0. The molecule has 0 saturated heterocycles. The van der Waals surface area contributed by atoms with E-state index < -0.39 is 12.1 Å². The lowest BCUT2D eigenvalue weighted by molar-refractivity contribution is -0.929. The predicted molar refractivity (Wildman–Crippen MR) is 110 cm³/mol. The van der Waals surface area contributed by atoms with Crippen molar-refractivity contribution in [2.45, 2.75) is 45.8 Å². The molecule has 0 radical (unpaired) electrons. The maximum Gasteiger partial charge on any atom is 0.312 e. The van der Waals surface area contributed by atoms with E-state index in [0.717, 1.165) is 31.7 Å².